The van der Waals surface area contributed by atoms with Gasteiger partial charge in [-0.1, -0.05) is 11.6 Å². The van der Waals surface area contributed by atoms with Crippen molar-refractivity contribution in [3.05, 3.63) is 52.9 Å². The van der Waals surface area contributed by atoms with Crippen LogP contribution < -0.4 is 5.32 Å². The molecule has 0 fully saturated rings. The van der Waals surface area contributed by atoms with E-state index in [1.54, 1.807) is 24.3 Å². The lowest BCUT2D eigenvalue weighted by molar-refractivity contribution is 0.102. The summed E-state index contributed by atoms with van der Waals surface area (Å²) in [5.41, 5.74) is 0.934. The molecule has 0 unspecified atom stereocenters. The molecule has 0 spiro atoms. The molecule has 1 heterocycles. The van der Waals surface area contributed by atoms with Gasteiger partial charge in [-0.15, -0.1) is 0 Å². The summed E-state index contributed by atoms with van der Waals surface area (Å²) in [5, 5.41) is 11.5. The van der Waals surface area contributed by atoms with Gasteiger partial charge in [0, 0.05) is 5.56 Å². The van der Waals surface area contributed by atoms with Crippen molar-refractivity contribution in [2.75, 3.05) is 5.32 Å². The number of aromatic nitrogens is 2. The van der Waals surface area contributed by atoms with Crippen molar-refractivity contribution in [2.24, 2.45) is 0 Å². The van der Waals surface area contributed by atoms with E-state index in [0.717, 1.165) is 0 Å². The number of nitrogens with one attached hydrogen (secondary N) is 1. The number of hydrogen-bond acceptors (Lipinski definition) is 4. The number of nitrogens with zero attached hydrogens (tertiary/aromatic N) is 3. The lowest BCUT2D eigenvalue weighted by atomic mass is 10.1. The fourth-order valence-electron chi connectivity index (χ4n) is 1.26. The van der Waals surface area contributed by atoms with Gasteiger partial charge in [0.15, 0.2) is 5.82 Å². The van der Waals surface area contributed by atoms with Gasteiger partial charge in [0.1, 0.15) is 5.15 Å². The molecule has 2 rings (SSSR count). The third-order valence-corrected chi connectivity index (χ3v) is 2.33. The molecule has 0 radical (unpaired) electrons. The van der Waals surface area contributed by atoms with Gasteiger partial charge in [0.2, 0.25) is 0 Å². The number of nitriles is 1. The van der Waals surface area contributed by atoms with Crippen LogP contribution in [0.5, 0.6) is 0 Å². The molecule has 6 heteroatoms. The summed E-state index contributed by atoms with van der Waals surface area (Å²) in [6, 6.07) is 8.26. The Hall–Kier alpha value is -2.45. The average molecular weight is 259 g/mol. The van der Waals surface area contributed by atoms with E-state index >= 15 is 0 Å². The lowest BCUT2D eigenvalue weighted by Gasteiger charge is -2.03. The van der Waals surface area contributed by atoms with E-state index < -0.39 is 0 Å². The zero-order valence-corrected chi connectivity index (χ0v) is 9.85. The fourth-order valence-corrected chi connectivity index (χ4v) is 1.36. The molecule has 5 nitrogen and oxygen atoms in total. The number of halogens is 1. The minimum Gasteiger partial charge on any atom is -0.305 e. The summed E-state index contributed by atoms with van der Waals surface area (Å²) in [4.78, 5) is 19.5. The maximum atomic E-state index is 11.8. The summed E-state index contributed by atoms with van der Waals surface area (Å²) < 4.78 is 0. The van der Waals surface area contributed by atoms with Gasteiger partial charge in [-0.3, -0.25) is 4.79 Å². The predicted molar refractivity (Wildman–Crippen MR) is 66.2 cm³/mol. The number of amides is 1. The minimum atomic E-state index is -0.323. The standard InChI is InChI=1S/C12H7ClN4O/c13-10-6-16-11(7-15-10)17-12(18)9-3-1-8(5-14)2-4-9/h1-4,6-7H,(H,16,17,18). The van der Waals surface area contributed by atoms with Crippen molar-refractivity contribution < 1.29 is 4.79 Å². The molecule has 0 aliphatic carbocycles. The molecule has 1 N–H and O–H groups in total. The molecule has 0 saturated heterocycles. The molecule has 0 aliphatic rings. The predicted octanol–water partition coefficient (Wildman–Crippen LogP) is 2.25. The van der Waals surface area contributed by atoms with E-state index in [-0.39, 0.29) is 11.1 Å². The Morgan fingerprint density at radius 2 is 1.94 bits per heavy atom. The molecule has 0 aliphatic heterocycles. The van der Waals surface area contributed by atoms with Crippen molar-refractivity contribution in [1.29, 1.82) is 5.26 Å². The zero-order chi connectivity index (χ0) is 13.0. The quantitative estimate of drug-likeness (QED) is 0.896. The van der Waals surface area contributed by atoms with Crippen LogP contribution in [-0.4, -0.2) is 15.9 Å². The summed E-state index contributed by atoms with van der Waals surface area (Å²) in [5.74, 6) is -0.00938. The molecular weight excluding hydrogens is 252 g/mol. The highest BCUT2D eigenvalue weighted by Gasteiger charge is 2.06. The SMILES string of the molecule is N#Cc1ccc(C(=O)Nc2cnc(Cl)cn2)cc1. The van der Waals surface area contributed by atoms with Gasteiger partial charge in [-0.2, -0.15) is 5.26 Å². The Balaban J connectivity index is 2.12. The van der Waals surface area contributed by atoms with E-state index in [2.05, 4.69) is 15.3 Å². The van der Waals surface area contributed by atoms with E-state index in [4.69, 9.17) is 16.9 Å². The van der Waals surface area contributed by atoms with E-state index in [1.165, 1.54) is 12.4 Å². The van der Waals surface area contributed by atoms with Crippen LogP contribution in [0.25, 0.3) is 0 Å². The zero-order valence-electron chi connectivity index (χ0n) is 9.09. The number of rotatable bonds is 2. The number of carbonyl (C=O) groups is 1. The molecule has 0 bridgehead atoms. The Bertz CT molecular complexity index is 601. The number of carbonyl (C=O) groups excluding carboxylic acids is 1. The number of anilines is 1. The molecule has 1 amide bonds. The molecule has 0 saturated carbocycles. The molecule has 1 aromatic heterocycles. The second kappa shape index (κ2) is 5.25. The first-order valence-corrected chi connectivity index (χ1v) is 5.36. The minimum absolute atomic E-state index is 0.256. The summed E-state index contributed by atoms with van der Waals surface area (Å²) in [6.07, 6.45) is 2.71. The first-order chi connectivity index (χ1) is 8.69. The van der Waals surface area contributed by atoms with Crippen LogP contribution >= 0.6 is 11.6 Å². The van der Waals surface area contributed by atoms with Crippen LogP contribution in [0.1, 0.15) is 15.9 Å². The highest BCUT2D eigenvalue weighted by atomic mass is 35.5. The summed E-state index contributed by atoms with van der Waals surface area (Å²) in [7, 11) is 0. The second-order valence-corrected chi connectivity index (χ2v) is 3.75. The lowest BCUT2D eigenvalue weighted by Crippen LogP contribution is -2.13. The van der Waals surface area contributed by atoms with Crippen LogP contribution in [-0.2, 0) is 0 Å². The Kier molecular flexibility index (Phi) is 3.51. The van der Waals surface area contributed by atoms with Crippen LogP contribution in [0.4, 0.5) is 5.82 Å². The first kappa shape index (κ1) is 12.0. The molecule has 1 aromatic carbocycles. The third-order valence-electron chi connectivity index (χ3n) is 2.14. The number of hydrogen-bond donors (Lipinski definition) is 1. The van der Waals surface area contributed by atoms with Crippen molar-refractivity contribution >= 4 is 23.3 Å². The van der Waals surface area contributed by atoms with E-state index in [0.29, 0.717) is 16.9 Å². The summed E-state index contributed by atoms with van der Waals surface area (Å²) >= 11 is 5.58. The van der Waals surface area contributed by atoms with Gasteiger partial charge in [0.25, 0.3) is 5.91 Å². The highest BCUT2D eigenvalue weighted by Crippen LogP contribution is 2.08. The van der Waals surface area contributed by atoms with Crippen LogP contribution in [0.3, 0.4) is 0 Å². The Labute approximate surface area is 108 Å². The van der Waals surface area contributed by atoms with Crippen LogP contribution in [0, 0.1) is 11.3 Å². The highest BCUT2D eigenvalue weighted by molar-refractivity contribution is 6.29. The normalized spacial score (nSPS) is 9.56. The topological polar surface area (TPSA) is 78.7 Å². The molecule has 18 heavy (non-hydrogen) atoms. The molecule has 2 aromatic rings. The molecule has 88 valence electrons. The fraction of sp³-hybridized carbons (Fsp3) is 0. The van der Waals surface area contributed by atoms with E-state index in [1.807, 2.05) is 6.07 Å². The van der Waals surface area contributed by atoms with Crippen molar-refractivity contribution in [3.63, 3.8) is 0 Å². The second-order valence-electron chi connectivity index (χ2n) is 3.37. The number of benzene rings is 1. The monoisotopic (exact) mass is 258 g/mol. The van der Waals surface area contributed by atoms with Crippen molar-refractivity contribution in [1.82, 2.24) is 9.97 Å². The first-order valence-electron chi connectivity index (χ1n) is 4.98. The Morgan fingerprint density at radius 1 is 1.22 bits per heavy atom. The van der Waals surface area contributed by atoms with Gasteiger partial charge in [0.05, 0.1) is 24.0 Å². The van der Waals surface area contributed by atoms with Crippen LogP contribution in [0.2, 0.25) is 5.15 Å². The Morgan fingerprint density at radius 3 is 2.50 bits per heavy atom. The molecular formula is C12H7ClN4O. The maximum absolute atomic E-state index is 11.8. The van der Waals surface area contributed by atoms with Crippen molar-refractivity contribution in [2.45, 2.75) is 0 Å². The average Bonchev–Trinajstić information content (AvgIpc) is 2.41. The summed E-state index contributed by atoms with van der Waals surface area (Å²) in [6.45, 7) is 0. The third kappa shape index (κ3) is 2.81. The van der Waals surface area contributed by atoms with Gasteiger partial charge in [-0.05, 0) is 24.3 Å². The largest absolute Gasteiger partial charge is 0.305 e. The van der Waals surface area contributed by atoms with Crippen molar-refractivity contribution in [3.8, 4) is 6.07 Å². The molecule has 0 atom stereocenters. The smallest absolute Gasteiger partial charge is 0.256 e. The van der Waals surface area contributed by atoms with Gasteiger partial charge < -0.3 is 5.32 Å². The van der Waals surface area contributed by atoms with Gasteiger partial charge in [-0.25, -0.2) is 9.97 Å². The van der Waals surface area contributed by atoms with Crippen LogP contribution in [0.15, 0.2) is 36.7 Å². The van der Waals surface area contributed by atoms with Gasteiger partial charge >= 0.3 is 0 Å². The van der Waals surface area contributed by atoms with E-state index in [9.17, 15) is 4.79 Å². The maximum Gasteiger partial charge on any atom is 0.256 e.